The van der Waals surface area contributed by atoms with Gasteiger partial charge in [-0.05, 0) is 25.7 Å². The molecule has 0 aromatic heterocycles. The van der Waals surface area contributed by atoms with Crippen LogP contribution in [0.2, 0.25) is 0 Å². The molecule has 0 aliphatic heterocycles. The minimum atomic E-state index is -0.119. The van der Waals surface area contributed by atoms with Crippen molar-refractivity contribution in [1.82, 2.24) is 5.32 Å². The van der Waals surface area contributed by atoms with Gasteiger partial charge in [-0.2, -0.15) is 0 Å². The maximum absolute atomic E-state index is 12.0. The molecule has 1 atom stereocenters. The summed E-state index contributed by atoms with van der Waals surface area (Å²) in [6, 6.07) is 0. The minimum absolute atomic E-state index is 0.119. The Bertz CT molecular complexity index is 224. The van der Waals surface area contributed by atoms with Crippen molar-refractivity contribution >= 4 is 17.5 Å². The first-order valence-electron chi connectivity index (χ1n) is 6.51. The molecule has 16 heavy (non-hydrogen) atoms. The van der Waals surface area contributed by atoms with Crippen molar-refractivity contribution in [2.75, 3.05) is 6.54 Å². The Morgan fingerprint density at radius 1 is 1.38 bits per heavy atom. The highest BCUT2D eigenvalue weighted by Crippen LogP contribution is 2.35. The van der Waals surface area contributed by atoms with Crippen molar-refractivity contribution in [2.45, 2.75) is 64.2 Å². The number of rotatable bonds is 5. The van der Waals surface area contributed by atoms with Crippen molar-refractivity contribution < 1.29 is 4.79 Å². The van der Waals surface area contributed by atoms with Crippen molar-refractivity contribution in [3.63, 3.8) is 0 Å². The minimum Gasteiger partial charge on any atom is -0.356 e. The van der Waals surface area contributed by atoms with Gasteiger partial charge < -0.3 is 5.32 Å². The van der Waals surface area contributed by atoms with Gasteiger partial charge in [0.15, 0.2) is 0 Å². The molecule has 2 nitrogen and oxygen atoms in total. The zero-order chi connectivity index (χ0) is 12.0. The van der Waals surface area contributed by atoms with Crippen molar-refractivity contribution in [3.05, 3.63) is 0 Å². The zero-order valence-corrected chi connectivity index (χ0v) is 11.3. The molecule has 94 valence electrons. The maximum Gasteiger partial charge on any atom is 0.225 e. The maximum atomic E-state index is 12.0. The summed E-state index contributed by atoms with van der Waals surface area (Å²) in [5.41, 5.74) is -0.119. The van der Waals surface area contributed by atoms with Crippen LogP contribution in [0.4, 0.5) is 0 Å². The molecule has 0 saturated heterocycles. The second-order valence-electron chi connectivity index (χ2n) is 5.17. The molecule has 1 N–H and O–H groups in total. The van der Waals surface area contributed by atoms with Crippen LogP contribution in [0.25, 0.3) is 0 Å². The molecule has 1 saturated carbocycles. The van der Waals surface area contributed by atoms with Gasteiger partial charge in [-0.15, -0.1) is 11.6 Å². The molecule has 1 fully saturated rings. The number of halogens is 1. The third kappa shape index (κ3) is 3.97. The molecule has 0 aromatic carbocycles. The van der Waals surface area contributed by atoms with E-state index in [4.69, 9.17) is 11.6 Å². The number of amides is 1. The number of alkyl halides is 1. The summed E-state index contributed by atoms with van der Waals surface area (Å²) in [7, 11) is 0. The van der Waals surface area contributed by atoms with Crippen LogP contribution in [0.3, 0.4) is 0 Å². The van der Waals surface area contributed by atoms with Crippen LogP contribution in [-0.2, 0) is 4.79 Å². The van der Waals surface area contributed by atoms with Gasteiger partial charge in [0.25, 0.3) is 0 Å². The Hall–Kier alpha value is -0.240. The average molecular weight is 246 g/mol. The van der Waals surface area contributed by atoms with Gasteiger partial charge >= 0.3 is 0 Å². The van der Waals surface area contributed by atoms with Crippen LogP contribution in [0, 0.1) is 5.41 Å². The van der Waals surface area contributed by atoms with E-state index in [0.717, 1.165) is 32.2 Å². The fraction of sp³-hybridized carbons (Fsp3) is 0.923. The topological polar surface area (TPSA) is 29.1 Å². The quantitative estimate of drug-likeness (QED) is 0.739. The first-order chi connectivity index (χ1) is 7.58. The van der Waals surface area contributed by atoms with Gasteiger partial charge in [0.2, 0.25) is 5.91 Å². The molecule has 1 unspecified atom stereocenters. The molecule has 0 radical (unpaired) electrons. The molecule has 0 bridgehead atoms. The third-order valence-corrected chi connectivity index (χ3v) is 4.22. The predicted molar refractivity (Wildman–Crippen MR) is 68.8 cm³/mol. The molecule has 1 rings (SSSR count). The summed E-state index contributed by atoms with van der Waals surface area (Å²) in [6.07, 6.45) is 7.58. The number of carbonyl (C=O) groups is 1. The molecule has 3 heteroatoms. The van der Waals surface area contributed by atoms with Gasteiger partial charge in [0.1, 0.15) is 0 Å². The third-order valence-electron chi connectivity index (χ3n) is 3.69. The highest BCUT2D eigenvalue weighted by Gasteiger charge is 2.34. The molecular formula is C13H24ClNO. The Morgan fingerprint density at radius 2 is 2.00 bits per heavy atom. The van der Waals surface area contributed by atoms with E-state index >= 15 is 0 Å². The monoisotopic (exact) mass is 245 g/mol. The number of nitrogens with one attached hydrogen (secondary N) is 1. The summed E-state index contributed by atoms with van der Waals surface area (Å²) in [4.78, 5) is 12.0. The highest BCUT2D eigenvalue weighted by molar-refractivity contribution is 6.20. The Morgan fingerprint density at radius 3 is 2.56 bits per heavy atom. The van der Waals surface area contributed by atoms with Gasteiger partial charge in [0, 0.05) is 17.3 Å². The zero-order valence-electron chi connectivity index (χ0n) is 10.5. The van der Waals surface area contributed by atoms with E-state index in [9.17, 15) is 4.79 Å². The second-order valence-corrected chi connectivity index (χ2v) is 5.79. The van der Waals surface area contributed by atoms with Crippen LogP contribution in [0.1, 0.15) is 58.8 Å². The summed E-state index contributed by atoms with van der Waals surface area (Å²) in [6.45, 7) is 4.89. The second kappa shape index (κ2) is 6.48. The summed E-state index contributed by atoms with van der Waals surface area (Å²) in [5, 5.41) is 3.23. The lowest BCUT2D eigenvalue weighted by Crippen LogP contribution is -2.41. The van der Waals surface area contributed by atoms with Gasteiger partial charge in [-0.1, -0.05) is 33.1 Å². The van der Waals surface area contributed by atoms with E-state index in [1.807, 2.05) is 0 Å². The normalized spacial score (nSPS) is 21.4. The SMILES string of the molecule is CCC(Cl)CCNC(=O)C1(C)CCCCC1. The summed E-state index contributed by atoms with van der Waals surface area (Å²) >= 11 is 6.02. The predicted octanol–water partition coefficient (Wildman–Crippen LogP) is 3.48. The fourth-order valence-corrected chi connectivity index (χ4v) is 2.43. The standard InChI is InChI=1S/C13H24ClNO/c1-3-11(14)7-10-15-12(16)13(2)8-5-4-6-9-13/h11H,3-10H2,1-2H3,(H,15,16). The van der Waals surface area contributed by atoms with E-state index in [1.54, 1.807) is 0 Å². The van der Waals surface area contributed by atoms with Crippen molar-refractivity contribution in [1.29, 1.82) is 0 Å². The van der Waals surface area contributed by atoms with E-state index in [0.29, 0.717) is 0 Å². The van der Waals surface area contributed by atoms with Crippen LogP contribution in [-0.4, -0.2) is 17.8 Å². The Balaban J connectivity index is 2.28. The largest absolute Gasteiger partial charge is 0.356 e. The number of hydrogen-bond acceptors (Lipinski definition) is 1. The van der Waals surface area contributed by atoms with Gasteiger partial charge in [0.05, 0.1) is 0 Å². The highest BCUT2D eigenvalue weighted by atomic mass is 35.5. The van der Waals surface area contributed by atoms with Crippen molar-refractivity contribution in [3.8, 4) is 0 Å². The average Bonchev–Trinajstić information content (AvgIpc) is 2.29. The van der Waals surface area contributed by atoms with E-state index in [-0.39, 0.29) is 16.7 Å². The molecular weight excluding hydrogens is 222 g/mol. The van der Waals surface area contributed by atoms with Crippen LogP contribution in [0.5, 0.6) is 0 Å². The van der Waals surface area contributed by atoms with Gasteiger partial charge in [-0.25, -0.2) is 0 Å². The van der Waals surface area contributed by atoms with Crippen molar-refractivity contribution in [2.24, 2.45) is 5.41 Å². The number of carbonyl (C=O) groups excluding carboxylic acids is 1. The molecule has 1 amide bonds. The Labute approximate surface area is 104 Å². The van der Waals surface area contributed by atoms with Crippen LogP contribution < -0.4 is 5.32 Å². The van der Waals surface area contributed by atoms with Gasteiger partial charge in [-0.3, -0.25) is 4.79 Å². The van der Waals surface area contributed by atoms with E-state index in [2.05, 4.69) is 19.2 Å². The molecule has 0 spiro atoms. The lowest BCUT2D eigenvalue weighted by atomic mass is 9.75. The molecule has 1 aliphatic carbocycles. The van der Waals surface area contributed by atoms with E-state index in [1.165, 1.54) is 19.3 Å². The lowest BCUT2D eigenvalue weighted by Gasteiger charge is -2.32. The molecule has 1 aliphatic rings. The van der Waals surface area contributed by atoms with Crippen LogP contribution >= 0.6 is 11.6 Å². The smallest absolute Gasteiger partial charge is 0.225 e. The fourth-order valence-electron chi connectivity index (χ4n) is 2.32. The van der Waals surface area contributed by atoms with Crippen LogP contribution in [0.15, 0.2) is 0 Å². The first-order valence-corrected chi connectivity index (χ1v) is 6.94. The molecule has 0 heterocycles. The summed E-state index contributed by atoms with van der Waals surface area (Å²) < 4.78 is 0. The van der Waals surface area contributed by atoms with E-state index < -0.39 is 0 Å². The Kier molecular flexibility index (Phi) is 5.60. The number of hydrogen-bond donors (Lipinski definition) is 1. The lowest BCUT2D eigenvalue weighted by molar-refractivity contribution is -0.131. The summed E-state index contributed by atoms with van der Waals surface area (Å²) in [5.74, 6) is 0.229. The first kappa shape index (κ1) is 13.8. The molecule has 0 aromatic rings.